The molecule has 0 unspecified atom stereocenters. The standard InChI is InChI=1S/C26H22F2N5O3S2/c1-32(20-6-7-24-21(14-20)29-15-37-24)25(34)22(12-16-10-18(27)13-19(28)11-16)30-26(35)31-38(36)33-9-8-17-4-2-3-5-23(17)33/h2-7,10-11,13-15,22H,8-9,12H2,1H3,(H,30,35)/q-1/t22-/m0/s1. The van der Waals surface area contributed by atoms with Crippen molar-refractivity contribution in [1.82, 2.24) is 10.3 Å². The van der Waals surface area contributed by atoms with Gasteiger partial charge in [-0.2, -0.15) is 0 Å². The summed E-state index contributed by atoms with van der Waals surface area (Å²) in [6.07, 6.45) is 0.455. The van der Waals surface area contributed by atoms with Crippen molar-refractivity contribution in [1.29, 1.82) is 0 Å². The monoisotopic (exact) mass is 554 g/mol. The summed E-state index contributed by atoms with van der Waals surface area (Å²) < 4.78 is 46.8. The van der Waals surface area contributed by atoms with Gasteiger partial charge in [0.05, 0.1) is 15.7 Å². The van der Waals surface area contributed by atoms with Crippen molar-refractivity contribution in [2.45, 2.75) is 18.9 Å². The molecule has 38 heavy (non-hydrogen) atoms. The zero-order chi connectivity index (χ0) is 26.8. The number of anilines is 2. The molecule has 196 valence electrons. The summed E-state index contributed by atoms with van der Waals surface area (Å²) in [5.41, 5.74) is 4.80. The highest BCUT2D eigenvalue weighted by molar-refractivity contribution is 7.76. The van der Waals surface area contributed by atoms with Crippen LogP contribution in [0.5, 0.6) is 0 Å². The van der Waals surface area contributed by atoms with Crippen molar-refractivity contribution < 1.29 is 22.6 Å². The molecule has 0 radical (unpaired) electrons. The first-order valence-electron chi connectivity index (χ1n) is 11.6. The molecule has 1 atom stereocenters. The van der Waals surface area contributed by atoms with E-state index in [-0.39, 0.29) is 12.0 Å². The van der Waals surface area contributed by atoms with E-state index in [2.05, 4.69) is 14.7 Å². The number of amides is 3. The molecule has 3 amide bonds. The molecule has 1 N–H and O–H groups in total. The minimum atomic E-state index is -2.03. The number of aromatic nitrogens is 1. The molecule has 0 aliphatic carbocycles. The Hall–Kier alpha value is -3.90. The van der Waals surface area contributed by atoms with Crippen molar-refractivity contribution in [3.63, 3.8) is 0 Å². The van der Waals surface area contributed by atoms with Crippen molar-refractivity contribution >= 4 is 55.6 Å². The van der Waals surface area contributed by atoms with Crippen LogP contribution in [0.25, 0.3) is 10.2 Å². The second-order valence-electron chi connectivity index (χ2n) is 8.69. The molecule has 5 rings (SSSR count). The quantitative estimate of drug-likeness (QED) is 0.340. The molecule has 0 bridgehead atoms. The number of carbonyl (C=O) groups excluding carboxylic acids is 2. The number of halogens is 2. The van der Waals surface area contributed by atoms with Gasteiger partial charge in [-0.05, 0) is 53.9 Å². The number of hydrogen-bond donors (Lipinski definition) is 1. The maximum atomic E-state index is 13.9. The summed E-state index contributed by atoms with van der Waals surface area (Å²) in [4.78, 5) is 31.9. The van der Waals surface area contributed by atoms with Crippen LogP contribution >= 0.6 is 11.3 Å². The number of thiazole rings is 1. The molecule has 0 saturated carbocycles. The number of benzene rings is 3. The summed E-state index contributed by atoms with van der Waals surface area (Å²) in [5.74, 6) is -2.16. The smallest absolute Gasteiger partial charge is 0.319 e. The van der Waals surface area contributed by atoms with Crippen LogP contribution < -0.4 is 14.5 Å². The Labute approximate surface area is 223 Å². The highest BCUT2D eigenvalue weighted by atomic mass is 32.2. The van der Waals surface area contributed by atoms with E-state index >= 15 is 0 Å². The molecule has 1 aliphatic heterocycles. The van der Waals surface area contributed by atoms with Gasteiger partial charge < -0.3 is 18.7 Å². The van der Waals surface area contributed by atoms with Crippen molar-refractivity contribution in [3.05, 3.63) is 88.9 Å². The lowest BCUT2D eigenvalue weighted by atomic mass is 10.0. The molecule has 3 aromatic carbocycles. The minimum absolute atomic E-state index is 0.166. The van der Waals surface area contributed by atoms with E-state index in [9.17, 15) is 22.6 Å². The number of carbonyl (C=O) groups is 2. The number of para-hydroxylation sites is 1. The topological polar surface area (TPSA) is 95.0 Å². The van der Waals surface area contributed by atoms with Gasteiger partial charge in [0.2, 0.25) is 5.91 Å². The number of nitrogens with zero attached hydrogens (tertiary/aromatic N) is 4. The number of likely N-dealkylation sites (N-methyl/N-ethyl adjacent to an activating group) is 1. The molecular formula is C26H22F2N5O3S2-. The third-order valence-electron chi connectivity index (χ3n) is 6.18. The summed E-state index contributed by atoms with van der Waals surface area (Å²) >= 11 is 1.46. The van der Waals surface area contributed by atoms with Crippen molar-refractivity contribution in [2.24, 2.45) is 4.36 Å². The fraction of sp³-hybridized carbons (Fsp3) is 0.192. The van der Waals surface area contributed by atoms with Crippen LogP contribution in [-0.2, 0) is 32.6 Å². The Morgan fingerprint density at radius 1 is 1.16 bits per heavy atom. The number of fused-ring (bicyclic) bond motifs is 2. The maximum Gasteiger partial charge on any atom is 0.319 e. The fourth-order valence-corrected chi connectivity index (χ4v) is 5.89. The lowest BCUT2D eigenvalue weighted by molar-refractivity contribution is -0.120. The molecule has 2 heterocycles. The molecule has 4 aromatic rings. The Morgan fingerprint density at radius 2 is 1.92 bits per heavy atom. The SMILES string of the molecule is CN(C(=O)[C@H](Cc1cc(F)cc(F)c1)NC(=O)N=[S-](=O)N1CCc2ccccc21)c1ccc2scnc2c1. The van der Waals surface area contributed by atoms with Gasteiger partial charge in [0, 0.05) is 37.5 Å². The van der Waals surface area contributed by atoms with E-state index in [1.54, 1.807) is 29.8 Å². The average molecular weight is 555 g/mol. The normalized spacial score (nSPS) is 14.3. The largest absolute Gasteiger partial charge is 0.424 e. The molecule has 0 fully saturated rings. The maximum absolute atomic E-state index is 13.9. The average Bonchev–Trinajstić information content (AvgIpc) is 3.53. The second kappa shape index (κ2) is 10.8. The fourth-order valence-electron chi connectivity index (χ4n) is 4.35. The number of nitrogens with one attached hydrogen (secondary N) is 1. The van der Waals surface area contributed by atoms with Crippen LogP contribution in [0.3, 0.4) is 0 Å². The van der Waals surface area contributed by atoms with Crippen LogP contribution in [0, 0.1) is 11.6 Å². The molecule has 12 heteroatoms. The lowest BCUT2D eigenvalue weighted by Crippen LogP contribution is -2.48. The van der Waals surface area contributed by atoms with E-state index in [1.165, 1.54) is 27.6 Å². The van der Waals surface area contributed by atoms with E-state index in [0.29, 0.717) is 24.2 Å². The molecule has 0 saturated heterocycles. The third-order valence-corrected chi connectivity index (χ3v) is 8.07. The van der Waals surface area contributed by atoms with Gasteiger partial charge in [-0.1, -0.05) is 29.0 Å². The lowest BCUT2D eigenvalue weighted by Gasteiger charge is -2.26. The van der Waals surface area contributed by atoms with Crippen molar-refractivity contribution in [2.75, 3.05) is 22.8 Å². The molecule has 1 aromatic heterocycles. The first kappa shape index (κ1) is 25.7. The van der Waals surface area contributed by atoms with Gasteiger partial charge in [0.1, 0.15) is 17.7 Å². The second-order valence-corrected chi connectivity index (χ2v) is 10.7. The van der Waals surface area contributed by atoms with Gasteiger partial charge in [0.15, 0.2) is 0 Å². The Balaban J connectivity index is 1.40. The Kier molecular flexibility index (Phi) is 7.34. The molecule has 0 spiro atoms. The van der Waals surface area contributed by atoms with E-state index in [0.717, 1.165) is 34.1 Å². The predicted octanol–water partition coefficient (Wildman–Crippen LogP) is 4.98. The van der Waals surface area contributed by atoms with Crippen LogP contribution in [0.4, 0.5) is 25.0 Å². The summed E-state index contributed by atoms with van der Waals surface area (Å²) in [6, 6.07) is 13.4. The van der Waals surface area contributed by atoms with Gasteiger partial charge in [-0.3, -0.25) is 9.16 Å². The first-order valence-corrected chi connectivity index (χ1v) is 13.6. The number of hydrogen-bond acceptors (Lipinski definition) is 6. The van der Waals surface area contributed by atoms with Crippen LogP contribution in [-0.4, -0.2) is 36.6 Å². The van der Waals surface area contributed by atoms with Gasteiger partial charge >= 0.3 is 6.03 Å². The zero-order valence-electron chi connectivity index (χ0n) is 20.1. The Morgan fingerprint density at radius 3 is 2.71 bits per heavy atom. The summed E-state index contributed by atoms with van der Waals surface area (Å²) in [5, 5.41) is 2.49. The van der Waals surface area contributed by atoms with Crippen molar-refractivity contribution in [3.8, 4) is 0 Å². The summed E-state index contributed by atoms with van der Waals surface area (Å²) in [7, 11) is -0.508. The van der Waals surface area contributed by atoms with E-state index in [1.807, 2.05) is 18.2 Å². The van der Waals surface area contributed by atoms with Crippen LogP contribution in [0.1, 0.15) is 11.1 Å². The molecule has 8 nitrogen and oxygen atoms in total. The van der Waals surface area contributed by atoms with E-state index in [4.69, 9.17) is 0 Å². The Bertz CT molecular complexity index is 1600. The highest BCUT2D eigenvalue weighted by Crippen LogP contribution is 2.28. The minimum Gasteiger partial charge on any atom is -0.424 e. The van der Waals surface area contributed by atoms with Crippen LogP contribution in [0.2, 0.25) is 0 Å². The van der Waals surface area contributed by atoms with Gasteiger partial charge in [-0.25, -0.2) is 18.6 Å². The highest BCUT2D eigenvalue weighted by Gasteiger charge is 2.26. The zero-order valence-corrected chi connectivity index (χ0v) is 21.8. The third kappa shape index (κ3) is 5.50. The van der Waals surface area contributed by atoms with Gasteiger partial charge in [0.25, 0.3) is 0 Å². The van der Waals surface area contributed by atoms with Gasteiger partial charge in [-0.15, -0.1) is 11.3 Å². The summed E-state index contributed by atoms with van der Waals surface area (Å²) in [6.45, 7) is 0.426. The number of urea groups is 1. The van der Waals surface area contributed by atoms with Crippen LogP contribution in [0.15, 0.2) is 70.5 Å². The first-order chi connectivity index (χ1) is 18.3. The number of rotatable bonds is 6. The van der Waals surface area contributed by atoms with E-state index < -0.39 is 40.4 Å². The molecule has 1 aliphatic rings. The predicted molar refractivity (Wildman–Crippen MR) is 143 cm³/mol. The molecular weight excluding hydrogens is 532 g/mol.